The summed E-state index contributed by atoms with van der Waals surface area (Å²) in [5.74, 6) is -0.346. The van der Waals surface area contributed by atoms with Crippen LogP contribution >= 0.6 is 0 Å². The van der Waals surface area contributed by atoms with E-state index in [1.54, 1.807) is 6.07 Å². The van der Waals surface area contributed by atoms with Crippen LogP contribution in [0.15, 0.2) is 24.3 Å². The first-order valence-corrected chi connectivity index (χ1v) is 6.30. The van der Waals surface area contributed by atoms with Crippen molar-refractivity contribution in [1.29, 1.82) is 0 Å². The van der Waals surface area contributed by atoms with Gasteiger partial charge in [-0.3, -0.25) is 4.79 Å². The van der Waals surface area contributed by atoms with Crippen molar-refractivity contribution in [2.75, 3.05) is 0 Å². The second-order valence-electron chi connectivity index (χ2n) is 4.86. The van der Waals surface area contributed by atoms with E-state index < -0.39 is 0 Å². The molecule has 0 heterocycles. The van der Waals surface area contributed by atoms with Crippen LogP contribution in [-0.4, -0.2) is 11.4 Å². The molecular weight excluding hydrogens is 212 g/mol. The van der Waals surface area contributed by atoms with Gasteiger partial charge >= 0.3 is 0 Å². The van der Waals surface area contributed by atoms with Crippen molar-refractivity contribution in [1.82, 2.24) is 5.32 Å². The molecule has 1 saturated carbocycles. The summed E-state index contributed by atoms with van der Waals surface area (Å²) >= 11 is 0. The highest BCUT2D eigenvalue weighted by Gasteiger charge is 2.34. The zero-order valence-corrected chi connectivity index (χ0v) is 10.3. The van der Waals surface area contributed by atoms with Crippen LogP contribution in [0.4, 0.5) is 0 Å². The fourth-order valence-corrected chi connectivity index (χ4v) is 2.46. The van der Waals surface area contributed by atoms with Gasteiger partial charge in [-0.15, -0.1) is 0 Å². The van der Waals surface area contributed by atoms with Gasteiger partial charge in [0.1, 0.15) is 0 Å². The van der Waals surface area contributed by atoms with E-state index in [0.717, 1.165) is 18.5 Å². The molecule has 0 aliphatic heterocycles. The number of nitrogens with two attached hydrogens (primary N) is 1. The average molecular weight is 232 g/mol. The Morgan fingerprint density at radius 3 is 2.65 bits per heavy atom. The monoisotopic (exact) mass is 232 g/mol. The Bertz CT molecular complexity index is 405. The van der Waals surface area contributed by atoms with Gasteiger partial charge in [0, 0.05) is 17.6 Å². The molecule has 0 bridgehead atoms. The van der Waals surface area contributed by atoms with Gasteiger partial charge in [-0.25, -0.2) is 0 Å². The lowest BCUT2D eigenvalue weighted by Gasteiger charge is -2.42. The lowest BCUT2D eigenvalue weighted by molar-refractivity contribution is 0.0998. The Kier molecular flexibility index (Phi) is 3.48. The molecule has 3 heteroatoms. The first kappa shape index (κ1) is 12.1. The normalized spacial score (nSPS) is 17.5. The van der Waals surface area contributed by atoms with Crippen molar-refractivity contribution in [3.05, 3.63) is 35.4 Å². The minimum atomic E-state index is -0.346. The van der Waals surface area contributed by atoms with Crippen LogP contribution in [0.25, 0.3) is 0 Å². The summed E-state index contributed by atoms with van der Waals surface area (Å²) < 4.78 is 0. The zero-order valence-electron chi connectivity index (χ0n) is 10.3. The van der Waals surface area contributed by atoms with Crippen LogP contribution in [0, 0.1) is 0 Å². The lowest BCUT2D eigenvalue weighted by atomic mass is 9.75. The topological polar surface area (TPSA) is 55.1 Å². The number of carbonyl (C=O) groups is 1. The van der Waals surface area contributed by atoms with E-state index in [1.807, 2.05) is 18.2 Å². The number of hydrogen-bond donors (Lipinski definition) is 2. The van der Waals surface area contributed by atoms with Crippen molar-refractivity contribution in [3.8, 4) is 0 Å². The van der Waals surface area contributed by atoms with Crippen LogP contribution in [0.5, 0.6) is 0 Å². The van der Waals surface area contributed by atoms with Gasteiger partial charge in [0.05, 0.1) is 0 Å². The molecule has 1 amide bonds. The molecule has 0 unspecified atom stereocenters. The second-order valence-corrected chi connectivity index (χ2v) is 4.86. The number of nitrogens with one attached hydrogen (secondary N) is 1. The smallest absolute Gasteiger partial charge is 0.249 e. The number of hydrogen-bond acceptors (Lipinski definition) is 2. The van der Waals surface area contributed by atoms with Gasteiger partial charge in [-0.1, -0.05) is 25.1 Å². The second kappa shape index (κ2) is 4.88. The van der Waals surface area contributed by atoms with Gasteiger partial charge in [0.2, 0.25) is 5.91 Å². The maximum absolute atomic E-state index is 11.3. The van der Waals surface area contributed by atoms with E-state index in [1.165, 1.54) is 19.3 Å². The van der Waals surface area contributed by atoms with Crippen LogP contribution in [0.2, 0.25) is 0 Å². The van der Waals surface area contributed by atoms with Crippen LogP contribution < -0.4 is 11.1 Å². The number of benzene rings is 1. The fourth-order valence-electron chi connectivity index (χ4n) is 2.46. The molecule has 0 saturated heterocycles. The van der Waals surface area contributed by atoms with Crippen molar-refractivity contribution in [2.24, 2.45) is 5.73 Å². The standard InChI is InChI=1S/C14H20N2O/c1-2-14(8-5-9-14)16-10-11-6-3-4-7-12(11)13(15)17/h3-4,6-7,16H,2,5,8-10H2,1H3,(H2,15,17). The molecule has 3 N–H and O–H groups in total. The molecule has 1 aromatic carbocycles. The van der Waals surface area contributed by atoms with Gasteiger partial charge in [-0.2, -0.15) is 0 Å². The summed E-state index contributed by atoms with van der Waals surface area (Å²) in [6.07, 6.45) is 4.93. The minimum Gasteiger partial charge on any atom is -0.366 e. The predicted octanol–water partition coefficient (Wildman–Crippen LogP) is 2.21. The molecule has 3 nitrogen and oxygen atoms in total. The van der Waals surface area contributed by atoms with Crippen LogP contribution in [0.1, 0.15) is 48.5 Å². The summed E-state index contributed by atoms with van der Waals surface area (Å²) in [4.78, 5) is 11.3. The predicted molar refractivity (Wildman–Crippen MR) is 68.7 cm³/mol. The van der Waals surface area contributed by atoms with Crippen LogP contribution in [0.3, 0.4) is 0 Å². The minimum absolute atomic E-state index is 0.296. The summed E-state index contributed by atoms with van der Waals surface area (Å²) in [7, 11) is 0. The van der Waals surface area contributed by atoms with Gasteiger partial charge in [0.15, 0.2) is 0 Å². The number of carbonyl (C=O) groups excluding carboxylic acids is 1. The Morgan fingerprint density at radius 2 is 2.12 bits per heavy atom. The van der Waals surface area contributed by atoms with Crippen LogP contribution in [-0.2, 0) is 6.54 Å². The molecule has 92 valence electrons. The van der Waals surface area contributed by atoms with Crippen molar-refractivity contribution >= 4 is 5.91 Å². The van der Waals surface area contributed by atoms with Gasteiger partial charge < -0.3 is 11.1 Å². The van der Waals surface area contributed by atoms with Crippen molar-refractivity contribution in [3.63, 3.8) is 0 Å². The molecule has 2 rings (SSSR count). The van der Waals surface area contributed by atoms with Crippen molar-refractivity contribution in [2.45, 2.75) is 44.7 Å². The molecule has 0 radical (unpaired) electrons. The number of amides is 1. The van der Waals surface area contributed by atoms with E-state index >= 15 is 0 Å². The van der Waals surface area contributed by atoms with E-state index in [-0.39, 0.29) is 5.91 Å². The third kappa shape index (κ3) is 2.50. The number of primary amides is 1. The maximum atomic E-state index is 11.3. The molecule has 1 aliphatic carbocycles. The Labute approximate surface area is 102 Å². The van der Waals surface area contributed by atoms with Gasteiger partial charge in [-0.05, 0) is 37.3 Å². The van der Waals surface area contributed by atoms with E-state index in [4.69, 9.17) is 5.73 Å². The third-order valence-electron chi connectivity index (χ3n) is 3.92. The van der Waals surface area contributed by atoms with Crippen molar-refractivity contribution < 1.29 is 4.79 Å². The summed E-state index contributed by atoms with van der Waals surface area (Å²) in [6.45, 7) is 2.94. The van der Waals surface area contributed by atoms with E-state index in [0.29, 0.717) is 11.1 Å². The summed E-state index contributed by atoms with van der Waals surface area (Å²) in [5.41, 5.74) is 7.29. The highest BCUT2D eigenvalue weighted by atomic mass is 16.1. The molecule has 1 fully saturated rings. The average Bonchev–Trinajstić information content (AvgIpc) is 2.28. The molecule has 1 aromatic rings. The van der Waals surface area contributed by atoms with E-state index in [9.17, 15) is 4.79 Å². The Morgan fingerprint density at radius 1 is 1.41 bits per heavy atom. The quantitative estimate of drug-likeness (QED) is 0.817. The first-order chi connectivity index (χ1) is 8.17. The molecule has 0 atom stereocenters. The molecular formula is C14H20N2O. The van der Waals surface area contributed by atoms with E-state index in [2.05, 4.69) is 12.2 Å². The Hall–Kier alpha value is -1.35. The molecule has 0 spiro atoms. The maximum Gasteiger partial charge on any atom is 0.249 e. The first-order valence-electron chi connectivity index (χ1n) is 6.30. The highest BCUT2D eigenvalue weighted by molar-refractivity contribution is 5.94. The largest absolute Gasteiger partial charge is 0.366 e. The SMILES string of the molecule is CCC1(NCc2ccccc2C(N)=O)CCC1. The fraction of sp³-hybridized carbons (Fsp3) is 0.500. The summed E-state index contributed by atoms with van der Waals surface area (Å²) in [5, 5.41) is 3.59. The molecule has 1 aliphatic rings. The zero-order chi connectivity index (χ0) is 12.3. The summed E-state index contributed by atoms with van der Waals surface area (Å²) in [6, 6.07) is 7.55. The Balaban J connectivity index is 2.06. The number of rotatable bonds is 5. The highest BCUT2D eigenvalue weighted by Crippen LogP contribution is 2.34. The van der Waals surface area contributed by atoms with Gasteiger partial charge in [0.25, 0.3) is 0 Å². The molecule has 0 aromatic heterocycles. The third-order valence-corrected chi connectivity index (χ3v) is 3.92. The lowest BCUT2D eigenvalue weighted by Crippen LogP contribution is -2.50. The molecule has 17 heavy (non-hydrogen) atoms.